The number of nitrogens with zero attached hydrogens (tertiary/aromatic N) is 4. The number of nitrogens with two attached hydrogens (primary N) is 1. The lowest BCUT2D eigenvalue weighted by molar-refractivity contribution is 0.410. The molecule has 6 nitrogen and oxygen atoms in total. The lowest BCUT2D eigenvalue weighted by Crippen LogP contribution is -2.42. The minimum Gasteiger partial charge on any atom is -0.367 e. The first-order valence-electron chi connectivity index (χ1n) is 10.4. The zero-order valence-electron chi connectivity index (χ0n) is 18.1. The second-order valence-electron chi connectivity index (χ2n) is 8.68. The number of anilines is 1. The maximum Gasteiger partial charge on any atom is 0.231 e. The number of likely N-dealkylation sites (N-methyl/N-ethyl adjacent to an activating group) is 1. The predicted molar refractivity (Wildman–Crippen MR) is 122 cm³/mol. The van der Waals surface area contributed by atoms with Crippen LogP contribution in [0, 0.1) is 0 Å². The Labute approximate surface area is 178 Å². The quantitative estimate of drug-likeness (QED) is 0.527. The zero-order valence-corrected chi connectivity index (χ0v) is 18.1. The average molecular weight is 412 g/mol. The van der Waals surface area contributed by atoms with Crippen molar-refractivity contribution >= 4 is 11.6 Å². The van der Waals surface area contributed by atoms with Crippen LogP contribution >= 0.6 is 0 Å². The van der Waals surface area contributed by atoms with Gasteiger partial charge in [-0.3, -0.25) is 4.48 Å². The Morgan fingerprint density at radius 1 is 1.23 bits per heavy atom. The number of rotatable bonds is 7. The maximum atomic E-state index is 13.2. The number of pyridine rings is 1. The second-order valence-corrected chi connectivity index (χ2v) is 8.68. The van der Waals surface area contributed by atoms with Gasteiger partial charge in [-0.05, 0) is 50.8 Å². The summed E-state index contributed by atoms with van der Waals surface area (Å²) in [6.45, 7) is 5.93. The lowest BCUT2D eigenvalue weighted by atomic mass is 9.92. The molecule has 2 aromatic heterocycles. The van der Waals surface area contributed by atoms with E-state index in [1.807, 2.05) is 32.3 Å². The van der Waals surface area contributed by atoms with E-state index in [4.69, 9.17) is 5.73 Å². The fourth-order valence-corrected chi connectivity index (χ4v) is 3.89. The first-order chi connectivity index (χ1) is 14.2. The van der Waals surface area contributed by atoms with Gasteiger partial charge >= 0.3 is 0 Å². The van der Waals surface area contributed by atoms with Crippen LogP contribution in [0.3, 0.4) is 0 Å². The van der Waals surface area contributed by atoms with Crippen LogP contribution < -0.4 is 15.5 Å². The van der Waals surface area contributed by atoms with Crippen LogP contribution in [0.4, 0.5) is 16.0 Å². The molecule has 2 heterocycles. The highest BCUT2D eigenvalue weighted by Crippen LogP contribution is 2.26. The molecule has 1 saturated carbocycles. The van der Waals surface area contributed by atoms with E-state index >= 15 is 0 Å². The van der Waals surface area contributed by atoms with Gasteiger partial charge in [0.2, 0.25) is 5.82 Å². The molecule has 0 radical (unpaired) electrons. The molecule has 0 aliphatic heterocycles. The molecule has 0 saturated heterocycles. The molecule has 30 heavy (non-hydrogen) atoms. The molecule has 0 amide bonds. The Bertz CT molecular complexity index is 911. The highest BCUT2D eigenvalue weighted by Gasteiger charge is 2.23. The van der Waals surface area contributed by atoms with Gasteiger partial charge in [0.25, 0.3) is 0 Å². The summed E-state index contributed by atoms with van der Waals surface area (Å²) in [7, 11) is 4.04. The van der Waals surface area contributed by atoms with Crippen molar-refractivity contribution in [3.63, 3.8) is 0 Å². The van der Waals surface area contributed by atoms with E-state index in [1.54, 1.807) is 12.5 Å². The van der Waals surface area contributed by atoms with Gasteiger partial charge in [0.15, 0.2) is 0 Å². The number of hydrogen-bond donors (Lipinski definition) is 2. The van der Waals surface area contributed by atoms with Crippen LogP contribution in [0.2, 0.25) is 0 Å². The lowest BCUT2D eigenvalue weighted by Gasteiger charge is -2.28. The van der Waals surface area contributed by atoms with E-state index in [1.165, 1.54) is 13.0 Å². The molecule has 1 fully saturated rings. The summed E-state index contributed by atoms with van der Waals surface area (Å²) in [4.78, 5) is 13.4. The zero-order chi connectivity index (χ0) is 21.7. The summed E-state index contributed by atoms with van der Waals surface area (Å²) < 4.78 is 13.6. The monoisotopic (exact) mass is 411 g/mol. The van der Waals surface area contributed by atoms with Gasteiger partial charge in [-0.1, -0.05) is 6.58 Å². The Kier molecular flexibility index (Phi) is 6.95. The number of hydrogen-bond acceptors (Lipinski definition) is 5. The Hall–Kier alpha value is -2.64. The van der Waals surface area contributed by atoms with Gasteiger partial charge in [-0.15, -0.1) is 0 Å². The van der Waals surface area contributed by atoms with E-state index < -0.39 is 0 Å². The molecule has 0 unspecified atom stereocenters. The van der Waals surface area contributed by atoms with Crippen LogP contribution in [0.1, 0.15) is 32.6 Å². The topological polar surface area (TPSA) is 76.7 Å². The third kappa shape index (κ3) is 5.93. The predicted octanol–water partition coefficient (Wildman–Crippen LogP) is 4.22. The maximum absolute atomic E-state index is 13.2. The van der Waals surface area contributed by atoms with Crippen molar-refractivity contribution in [2.45, 2.75) is 44.7 Å². The van der Waals surface area contributed by atoms with Crippen molar-refractivity contribution < 1.29 is 4.39 Å². The summed E-state index contributed by atoms with van der Waals surface area (Å²) in [5, 5.41) is 3.53. The molecular formula is C23H32FN6+. The molecule has 1 aliphatic rings. The van der Waals surface area contributed by atoms with Crippen molar-refractivity contribution in [3.8, 4) is 11.3 Å². The SMILES string of the molecule is C=C(C=C(C)F)C[N+](C)(C)c1cc(-c2ccnc(NC3CCC(N)CC3)c2)ncn1. The summed E-state index contributed by atoms with van der Waals surface area (Å²) >= 11 is 0. The van der Waals surface area contributed by atoms with E-state index in [-0.39, 0.29) is 5.83 Å². The number of halogens is 1. The summed E-state index contributed by atoms with van der Waals surface area (Å²) in [5.74, 6) is 1.43. The van der Waals surface area contributed by atoms with E-state index in [0.29, 0.717) is 28.7 Å². The third-order valence-electron chi connectivity index (χ3n) is 5.45. The van der Waals surface area contributed by atoms with E-state index in [9.17, 15) is 4.39 Å². The van der Waals surface area contributed by atoms with Crippen molar-refractivity contribution in [2.24, 2.45) is 5.73 Å². The van der Waals surface area contributed by atoms with Gasteiger partial charge < -0.3 is 11.1 Å². The standard InChI is InChI=1S/C23H32FN6/c1-16(11-17(2)24)14-30(3,4)23-13-21(27-15-28-23)18-9-10-26-22(12-18)29-20-7-5-19(25)6-8-20/h9-13,15,19-20H,1,5-8,14,25H2,2-4H3,(H,26,29)/q+1. The van der Waals surface area contributed by atoms with Gasteiger partial charge in [0, 0.05) is 35.5 Å². The first-order valence-corrected chi connectivity index (χ1v) is 10.4. The van der Waals surface area contributed by atoms with Gasteiger partial charge in [-0.25, -0.2) is 14.4 Å². The minimum atomic E-state index is -0.250. The molecule has 7 heteroatoms. The minimum absolute atomic E-state index is 0.250. The Morgan fingerprint density at radius 2 is 1.97 bits per heavy atom. The average Bonchev–Trinajstić information content (AvgIpc) is 2.69. The number of aromatic nitrogens is 3. The largest absolute Gasteiger partial charge is 0.367 e. The normalized spacial score (nSPS) is 20.1. The fraction of sp³-hybridized carbons (Fsp3) is 0.435. The first kappa shape index (κ1) is 22.1. The molecule has 0 spiro atoms. The summed E-state index contributed by atoms with van der Waals surface area (Å²) in [6.07, 6.45) is 9.04. The molecule has 1 aliphatic carbocycles. The third-order valence-corrected chi connectivity index (χ3v) is 5.45. The second kappa shape index (κ2) is 9.45. The number of nitrogens with one attached hydrogen (secondary N) is 1. The molecule has 3 N–H and O–H groups in total. The molecule has 0 aromatic carbocycles. The highest BCUT2D eigenvalue weighted by molar-refractivity contribution is 5.65. The van der Waals surface area contributed by atoms with Gasteiger partial charge in [0.05, 0.1) is 25.6 Å². The van der Waals surface area contributed by atoms with Crippen LogP contribution in [-0.4, -0.2) is 47.7 Å². The van der Waals surface area contributed by atoms with Crippen molar-refractivity contribution in [3.05, 3.63) is 54.8 Å². The Morgan fingerprint density at radius 3 is 2.67 bits per heavy atom. The van der Waals surface area contributed by atoms with Gasteiger partial charge in [0.1, 0.15) is 18.7 Å². The molecule has 3 rings (SSSR count). The van der Waals surface area contributed by atoms with E-state index in [2.05, 4.69) is 26.8 Å². The smallest absolute Gasteiger partial charge is 0.231 e. The molecule has 160 valence electrons. The molecule has 0 atom stereocenters. The fourth-order valence-electron chi connectivity index (χ4n) is 3.89. The van der Waals surface area contributed by atoms with Crippen LogP contribution in [0.5, 0.6) is 0 Å². The van der Waals surface area contributed by atoms with Crippen molar-refractivity contribution in [2.75, 3.05) is 26.0 Å². The Balaban J connectivity index is 1.77. The van der Waals surface area contributed by atoms with Crippen molar-refractivity contribution in [1.82, 2.24) is 19.4 Å². The van der Waals surface area contributed by atoms with E-state index in [0.717, 1.165) is 48.6 Å². The van der Waals surface area contributed by atoms with Crippen molar-refractivity contribution in [1.29, 1.82) is 0 Å². The number of allylic oxidation sites excluding steroid dienone is 1. The van der Waals surface area contributed by atoms with Gasteiger partial charge in [-0.2, -0.15) is 4.98 Å². The van der Waals surface area contributed by atoms with Crippen LogP contribution in [0.15, 0.2) is 54.8 Å². The summed E-state index contributed by atoms with van der Waals surface area (Å²) in [6, 6.07) is 6.67. The number of quaternary nitrogens is 1. The van der Waals surface area contributed by atoms with Crippen LogP contribution in [-0.2, 0) is 0 Å². The molecular weight excluding hydrogens is 379 g/mol. The molecule has 0 bridgehead atoms. The van der Waals surface area contributed by atoms with Crippen LogP contribution in [0.25, 0.3) is 11.3 Å². The highest BCUT2D eigenvalue weighted by atomic mass is 19.1. The summed E-state index contributed by atoms with van der Waals surface area (Å²) in [5.41, 5.74) is 8.52. The molecule has 2 aromatic rings.